The van der Waals surface area contributed by atoms with Gasteiger partial charge in [0.15, 0.2) is 0 Å². The van der Waals surface area contributed by atoms with Crippen LogP contribution < -0.4 is 15.4 Å². The van der Waals surface area contributed by atoms with E-state index in [0.717, 1.165) is 5.75 Å². The Morgan fingerprint density at radius 1 is 1.04 bits per heavy atom. The Kier molecular flexibility index (Phi) is 7.02. The highest BCUT2D eigenvalue weighted by Crippen LogP contribution is 2.18. The lowest BCUT2D eigenvalue weighted by Gasteiger charge is -2.12. The number of ether oxygens (including phenoxy) is 2. The topological polar surface area (TPSA) is 76.7 Å². The Hall–Kier alpha value is -3.02. The fourth-order valence-electron chi connectivity index (χ4n) is 2.29. The zero-order valence-corrected chi connectivity index (χ0v) is 15.2. The first-order chi connectivity index (χ1) is 12.5. The van der Waals surface area contributed by atoms with E-state index in [-0.39, 0.29) is 18.6 Å². The molecular weight excluding hydrogens is 332 g/mol. The van der Waals surface area contributed by atoms with Crippen molar-refractivity contribution in [2.45, 2.75) is 26.9 Å². The molecule has 0 aliphatic rings. The van der Waals surface area contributed by atoms with E-state index >= 15 is 0 Å². The molecule has 0 fully saturated rings. The van der Waals surface area contributed by atoms with E-state index in [2.05, 4.69) is 10.6 Å². The number of esters is 1. The Bertz CT molecular complexity index is 742. The van der Waals surface area contributed by atoms with Gasteiger partial charge in [-0.05, 0) is 57.2 Å². The van der Waals surface area contributed by atoms with Crippen molar-refractivity contribution in [3.8, 4) is 5.75 Å². The standard InChI is InChI=1S/C20H24N2O4/c1-4-25-20(24)17-7-5-6-8-18(17)21-13-19(23)22-15-9-11-16(12-10-15)26-14(2)3/h5-12,14,21H,4,13H2,1-3H3,(H,22,23). The minimum Gasteiger partial charge on any atom is -0.491 e. The van der Waals surface area contributed by atoms with Crippen LogP contribution in [0, 0.1) is 0 Å². The normalized spacial score (nSPS) is 10.3. The molecule has 0 heterocycles. The van der Waals surface area contributed by atoms with Gasteiger partial charge in [-0.1, -0.05) is 12.1 Å². The number of carbonyl (C=O) groups excluding carboxylic acids is 2. The van der Waals surface area contributed by atoms with Crippen molar-refractivity contribution >= 4 is 23.3 Å². The first-order valence-corrected chi connectivity index (χ1v) is 8.56. The molecular formula is C20H24N2O4. The van der Waals surface area contributed by atoms with Crippen molar-refractivity contribution in [1.29, 1.82) is 0 Å². The molecule has 0 spiro atoms. The fraction of sp³-hybridized carbons (Fsp3) is 0.300. The van der Waals surface area contributed by atoms with Crippen LogP contribution in [0.4, 0.5) is 11.4 Å². The Labute approximate surface area is 153 Å². The Morgan fingerprint density at radius 3 is 2.38 bits per heavy atom. The highest BCUT2D eigenvalue weighted by molar-refractivity contribution is 5.98. The fourth-order valence-corrected chi connectivity index (χ4v) is 2.29. The van der Waals surface area contributed by atoms with Gasteiger partial charge in [0.05, 0.1) is 24.8 Å². The molecule has 0 saturated carbocycles. The Balaban J connectivity index is 1.92. The average molecular weight is 356 g/mol. The summed E-state index contributed by atoms with van der Waals surface area (Å²) in [6.07, 6.45) is 0.0964. The lowest BCUT2D eigenvalue weighted by molar-refractivity contribution is -0.114. The summed E-state index contributed by atoms with van der Waals surface area (Å²) in [4.78, 5) is 24.1. The second kappa shape index (κ2) is 9.46. The predicted molar refractivity (Wildman–Crippen MR) is 102 cm³/mol. The molecule has 6 heteroatoms. The molecule has 26 heavy (non-hydrogen) atoms. The lowest BCUT2D eigenvalue weighted by Crippen LogP contribution is -2.22. The summed E-state index contributed by atoms with van der Waals surface area (Å²) < 4.78 is 10.6. The van der Waals surface area contributed by atoms with Gasteiger partial charge in [-0.15, -0.1) is 0 Å². The highest BCUT2D eigenvalue weighted by atomic mass is 16.5. The van der Waals surface area contributed by atoms with E-state index in [1.807, 2.05) is 13.8 Å². The van der Waals surface area contributed by atoms with Gasteiger partial charge in [-0.2, -0.15) is 0 Å². The molecule has 2 aromatic rings. The van der Waals surface area contributed by atoms with Gasteiger partial charge in [-0.25, -0.2) is 4.79 Å². The predicted octanol–water partition coefficient (Wildman–Crippen LogP) is 3.70. The molecule has 0 bridgehead atoms. The summed E-state index contributed by atoms with van der Waals surface area (Å²) in [5.41, 5.74) is 1.63. The third kappa shape index (κ3) is 5.81. The van der Waals surface area contributed by atoms with Gasteiger partial charge in [0.25, 0.3) is 0 Å². The molecule has 0 radical (unpaired) electrons. The first kappa shape index (κ1) is 19.3. The van der Waals surface area contributed by atoms with Crippen LogP contribution in [0.5, 0.6) is 5.75 Å². The SMILES string of the molecule is CCOC(=O)c1ccccc1NCC(=O)Nc1ccc(OC(C)C)cc1. The van der Waals surface area contributed by atoms with E-state index < -0.39 is 5.97 Å². The van der Waals surface area contributed by atoms with Gasteiger partial charge in [0, 0.05) is 11.4 Å². The number of hydrogen-bond acceptors (Lipinski definition) is 5. The number of rotatable bonds is 8. The molecule has 0 unspecified atom stereocenters. The molecule has 138 valence electrons. The number of anilines is 2. The summed E-state index contributed by atoms with van der Waals surface area (Å²) >= 11 is 0. The van der Waals surface area contributed by atoms with Gasteiger partial charge in [-0.3, -0.25) is 4.79 Å². The summed E-state index contributed by atoms with van der Waals surface area (Å²) in [5.74, 6) is 0.109. The number of hydrogen-bond donors (Lipinski definition) is 2. The molecule has 0 aromatic heterocycles. The molecule has 2 aromatic carbocycles. The number of nitrogens with one attached hydrogen (secondary N) is 2. The van der Waals surface area contributed by atoms with E-state index in [0.29, 0.717) is 23.5 Å². The number of carbonyl (C=O) groups is 2. The number of benzene rings is 2. The van der Waals surface area contributed by atoms with Crippen LogP contribution in [-0.2, 0) is 9.53 Å². The number of amides is 1. The number of para-hydroxylation sites is 1. The molecule has 1 amide bonds. The first-order valence-electron chi connectivity index (χ1n) is 8.56. The van der Waals surface area contributed by atoms with Crippen molar-refractivity contribution in [2.75, 3.05) is 23.8 Å². The second-order valence-corrected chi connectivity index (χ2v) is 5.86. The third-order valence-electron chi connectivity index (χ3n) is 3.37. The Morgan fingerprint density at radius 2 is 1.73 bits per heavy atom. The van der Waals surface area contributed by atoms with Crippen LogP contribution in [-0.4, -0.2) is 31.1 Å². The van der Waals surface area contributed by atoms with Crippen molar-refractivity contribution in [3.63, 3.8) is 0 Å². The van der Waals surface area contributed by atoms with Crippen molar-refractivity contribution < 1.29 is 19.1 Å². The largest absolute Gasteiger partial charge is 0.491 e. The minimum atomic E-state index is -0.420. The summed E-state index contributed by atoms with van der Waals surface area (Å²) in [7, 11) is 0. The third-order valence-corrected chi connectivity index (χ3v) is 3.37. The summed E-state index contributed by atoms with van der Waals surface area (Å²) in [6, 6.07) is 14.1. The monoisotopic (exact) mass is 356 g/mol. The molecule has 2 N–H and O–H groups in total. The maximum atomic E-state index is 12.1. The molecule has 0 atom stereocenters. The summed E-state index contributed by atoms with van der Waals surface area (Å²) in [6.45, 7) is 5.98. The van der Waals surface area contributed by atoms with E-state index in [1.54, 1.807) is 55.5 Å². The molecule has 0 aliphatic carbocycles. The van der Waals surface area contributed by atoms with Gasteiger partial charge < -0.3 is 20.1 Å². The van der Waals surface area contributed by atoms with Crippen molar-refractivity contribution in [2.24, 2.45) is 0 Å². The van der Waals surface area contributed by atoms with E-state index in [9.17, 15) is 9.59 Å². The van der Waals surface area contributed by atoms with Crippen LogP contribution in [0.25, 0.3) is 0 Å². The molecule has 0 aliphatic heterocycles. The van der Waals surface area contributed by atoms with Gasteiger partial charge in [0.2, 0.25) is 5.91 Å². The van der Waals surface area contributed by atoms with Gasteiger partial charge >= 0.3 is 5.97 Å². The maximum Gasteiger partial charge on any atom is 0.340 e. The maximum absolute atomic E-state index is 12.1. The van der Waals surface area contributed by atoms with Crippen LogP contribution in [0.1, 0.15) is 31.1 Å². The highest BCUT2D eigenvalue weighted by Gasteiger charge is 2.12. The molecule has 0 saturated heterocycles. The second-order valence-electron chi connectivity index (χ2n) is 5.86. The molecule has 2 rings (SSSR count). The average Bonchev–Trinajstić information content (AvgIpc) is 2.61. The summed E-state index contributed by atoms with van der Waals surface area (Å²) in [5, 5.41) is 5.77. The van der Waals surface area contributed by atoms with Crippen LogP contribution in [0.3, 0.4) is 0 Å². The van der Waals surface area contributed by atoms with Crippen LogP contribution >= 0.6 is 0 Å². The van der Waals surface area contributed by atoms with Gasteiger partial charge in [0.1, 0.15) is 5.75 Å². The molecule has 6 nitrogen and oxygen atoms in total. The van der Waals surface area contributed by atoms with E-state index in [1.165, 1.54) is 0 Å². The minimum absolute atomic E-state index is 0.0284. The van der Waals surface area contributed by atoms with Crippen LogP contribution in [0.15, 0.2) is 48.5 Å². The van der Waals surface area contributed by atoms with Crippen LogP contribution in [0.2, 0.25) is 0 Å². The van der Waals surface area contributed by atoms with Crippen molar-refractivity contribution in [1.82, 2.24) is 0 Å². The van der Waals surface area contributed by atoms with Crippen molar-refractivity contribution in [3.05, 3.63) is 54.1 Å². The quantitative estimate of drug-likeness (QED) is 0.705. The zero-order valence-electron chi connectivity index (χ0n) is 15.2. The zero-order chi connectivity index (χ0) is 18.9. The lowest BCUT2D eigenvalue weighted by atomic mass is 10.2. The van der Waals surface area contributed by atoms with E-state index in [4.69, 9.17) is 9.47 Å². The smallest absolute Gasteiger partial charge is 0.340 e.